The lowest BCUT2D eigenvalue weighted by atomic mass is 10.2. The van der Waals surface area contributed by atoms with E-state index in [0.29, 0.717) is 23.1 Å². The Morgan fingerprint density at radius 3 is 2.63 bits per heavy atom. The predicted molar refractivity (Wildman–Crippen MR) is 73.0 cm³/mol. The lowest BCUT2D eigenvalue weighted by molar-refractivity contribution is 0.174. The highest BCUT2D eigenvalue weighted by atomic mass is 35.5. The molecular weight excluding hydrogens is 266 g/mol. The van der Waals surface area contributed by atoms with Gasteiger partial charge in [-0.3, -0.25) is 0 Å². The van der Waals surface area contributed by atoms with E-state index >= 15 is 0 Å². The molecule has 0 bridgehead atoms. The summed E-state index contributed by atoms with van der Waals surface area (Å²) in [5, 5.41) is 3.84. The maximum Gasteiger partial charge on any atom is 0.231 e. The number of hydrogen-bond acceptors (Lipinski definition) is 4. The van der Waals surface area contributed by atoms with Crippen LogP contribution < -0.4 is 14.8 Å². The minimum atomic E-state index is 0.243. The number of benzene rings is 1. The van der Waals surface area contributed by atoms with E-state index in [9.17, 15) is 0 Å². The molecule has 19 heavy (non-hydrogen) atoms. The summed E-state index contributed by atoms with van der Waals surface area (Å²) >= 11 is 6.18. The summed E-state index contributed by atoms with van der Waals surface area (Å²) in [6.07, 6.45) is 0.894. The van der Waals surface area contributed by atoms with E-state index in [1.807, 2.05) is 18.2 Å². The van der Waals surface area contributed by atoms with Crippen molar-refractivity contribution in [3.63, 3.8) is 0 Å². The molecule has 5 heteroatoms. The molecule has 4 nitrogen and oxygen atoms in total. The molecule has 0 unspecified atom stereocenters. The summed E-state index contributed by atoms with van der Waals surface area (Å²) in [5.41, 5.74) is 0.806. The average Bonchev–Trinajstić information content (AvgIpc) is 3.03. The van der Waals surface area contributed by atoms with Gasteiger partial charge >= 0.3 is 0 Å². The van der Waals surface area contributed by atoms with Gasteiger partial charge in [0.2, 0.25) is 6.79 Å². The summed E-state index contributed by atoms with van der Waals surface area (Å²) in [7, 11) is 0. The topological polar surface area (TPSA) is 43.6 Å². The van der Waals surface area contributed by atoms with Gasteiger partial charge in [0.05, 0.1) is 17.3 Å². The maximum absolute atomic E-state index is 6.18. The quantitative estimate of drug-likeness (QED) is 0.923. The lowest BCUT2D eigenvalue weighted by Crippen LogP contribution is -1.98. The van der Waals surface area contributed by atoms with Crippen LogP contribution in [-0.2, 0) is 13.0 Å². The molecule has 0 spiro atoms. The highest BCUT2D eigenvalue weighted by Gasteiger charge is 2.16. The number of halogens is 1. The maximum atomic E-state index is 6.18. The van der Waals surface area contributed by atoms with Crippen LogP contribution in [0.3, 0.4) is 0 Å². The monoisotopic (exact) mass is 279 g/mol. The van der Waals surface area contributed by atoms with E-state index in [1.54, 1.807) is 6.07 Å². The Labute approximate surface area is 116 Å². The van der Waals surface area contributed by atoms with Crippen LogP contribution in [0.25, 0.3) is 0 Å². The van der Waals surface area contributed by atoms with Crippen LogP contribution >= 0.6 is 11.6 Å². The zero-order valence-corrected chi connectivity index (χ0v) is 11.3. The molecule has 2 heterocycles. The van der Waals surface area contributed by atoms with Gasteiger partial charge in [0.1, 0.15) is 11.5 Å². The third kappa shape index (κ3) is 2.49. The molecule has 1 aliphatic heterocycles. The average molecular weight is 280 g/mol. The molecule has 2 aromatic rings. The second kappa shape index (κ2) is 5.05. The third-order valence-electron chi connectivity index (χ3n) is 2.98. The standard InChI is InChI=1S/C14H14ClNO3/c1-2-9-3-4-10(19-9)7-16-12-6-14-13(5-11(12)15)17-8-18-14/h3-6,16H,2,7-8H2,1H3. The number of anilines is 1. The first kappa shape index (κ1) is 12.2. The van der Waals surface area contributed by atoms with Crippen molar-refractivity contribution in [3.05, 3.63) is 40.8 Å². The number of fused-ring (bicyclic) bond motifs is 1. The SMILES string of the molecule is CCc1ccc(CNc2cc3c(cc2Cl)OCO3)o1. The van der Waals surface area contributed by atoms with E-state index in [2.05, 4.69) is 12.2 Å². The minimum absolute atomic E-state index is 0.243. The van der Waals surface area contributed by atoms with Crippen molar-refractivity contribution >= 4 is 17.3 Å². The molecule has 1 aromatic carbocycles. The molecule has 1 N–H and O–H groups in total. The second-order valence-corrected chi connectivity index (χ2v) is 4.67. The number of nitrogens with one attached hydrogen (secondary N) is 1. The van der Waals surface area contributed by atoms with Crippen LogP contribution in [0.1, 0.15) is 18.4 Å². The highest BCUT2D eigenvalue weighted by molar-refractivity contribution is 6.33. The molecule has 1 aromatic heterocycles. The van der Waals surface area contributed by atoms with Gasteiger partial charge in [0, 0.05) is 18.6 Å². The van der Waals surface area contributed by atoms with Crippen molar-refractivity contribution in [2.24, 2.45) is 0 Å². The molecule has 0 atom stereocenters. The van der Waals surface area contributed by atoms with Gasteiger partial charge in [-0.1, -0.05) is 18.5 Å². The van der Waals surface area contributed by atoms with Gasteiger partial charge in [-0.05, 0) is 12.1 Å². The Hall–Kier alpha value is -1.81. The van der Waals surface area contributed by atoms with Gasteiger partial charge in [0.25, 0.3) is 0 Å². The number of rotatable bonds is 4. The molecule has 0 aliphatic carbocycles. The van der Waals surface area contributed by atoms with Crippen LogP contribution in [0.15, 0.2) is 28.7 Å². The molecular formula is C14H14ClNO3. The fourth-order valence-electron chi connectivity index (χ4n) is 1.94. The molecule has 0 fully saturated rings. The number of aryl methyl sites for hydroxylation is 1. The first-order chi connectivity index (χ1) is 9.26. The van der Waals surface area contributed by atoms with Gasteiger partial charge in [-0.15, -0.1) is 0 Å². The minimum Gasteiger partial charge on any atom is -0.464 e. The van der Waals surface area contributed by atoms with Crippen molar-refractivity contribution in [2.45, 2.75) is 19.9 Å². The molecule has 0 amide bonds. The molecule has 1 aliphatic rings. The fourth-order valence-corrected chi connectivity index (χ4v) is 2.16. The number of furan rings is 1. The third-order valence-corrected chi connectivity index (χ3v) is 3.29. The van der Waals surface area contributed by atoms with Crippen LogP contribution in [0, 0.1) is 0 Å². The lowest BCUT2D eigenvalue weighted by Gasteiger charge is -2.08. The molecule has 0 saturated carbocycles. The van der Waals surface area contributed by atoms with Crippen LogP contribution in [0.5, 0.6) is 11.5 Å². The number of ether oxygens (including phenoxy) is 2. The van der Waals surface area contributed by atoms with Gasteiger partial charge in [-0.2, -0.15) is 0 Å². The Bertz CT molecular complexity index is 594. The molecule has 3 rings (SSSR count). The number of hydrogen-bond donors (Lipinski definition) is 1. The Kier molecular flexibility index (Phi) is 3.25. The predicted octanol–water partition coefficient (Wildman–Crippen LogP) is 3.84. The second-order valence-electron chi connectivity index (χ2n) is 4.26. The summed E-state index contributed by atoms with van der Waals surface area (Å²) in [5.74, 6) is 3.25. The van der Waals surface area contributed by atoms with Crippen LogP contribution in [-0.4, -0.2) is 6.79 Å². The normalized spacial score (nSPS) is 12.7. The van der Waals surface area contributed by atoms with Gasteiger partial charge in [0.15, 0.2) is 11.5 Å². The van der Waals surface area contributed by atoms with Crippen molar-refractivity contribution in [3.8, 4) is 11.5 Å². The summed E-state index contributed by atoms with van der Waals surface area (Å²) in [6, 6.07) is 7.55. The van der Waals surface area contributed by atoms with Crippen molar-refractivity contribution in [2.75, 3.05) is 12.1 Å². The first-order valence-electron chi connectivity index (χ1n) is 6.17. The summed E-state index contributed by atoms with van der Waals surface area (Å²) in [6.45, 7) is 2.89. The Morgan fingerprint density at radius 2 is 1.89 bits per heavy atom. The molecule has 100 valence electrons. The van der Waals surface area contributed by atoms with Gasteiger partial charge in [-0.25, -0.2) is 0 Å². The van der Waals surface area contributed by atoms with E-state index in [4.69, 9.17) is 25.5 Å². The summed E-state index contributed by atoms with van der Waals surface area (Å²) < 4.78 is 16.2. The zero-order valence-electron chi connectivity index (χ0n) is 10.5. The smallest absolute Gasteiger partial charge is 0.231 e. The first-order valence-corrected chi connectivity index (χ1v) is 6.54. The Balaban J connectivity index is 1.73. The van der Waals surface area contributed by atoms with Crippen molar-refractivity contribution < 1.29 is 13.9 Å². The van der Waals surface area contributed by atoms with E-state index in [-0.39, 0.29) is 6.79 Å². The highest BCUT2D eigenvalue weighted by Crippen LogP contribution is 2.39. The fraction of sp³-hybridized carbons (Fsp3) is 0.286. The Morgan fingerprint density at radius 1 is 1.16 bits per heavy atom. The zero-order chi connectivity index (χ0) is 13.2. The molecule has 0 radical (unpaired) electrons. The van der Waals surface area contributed by atoms with Gasteiger partial charge < -0.3 is 19.2 Å². The van der Waals surface area contributed by atoms with Crippen molar-refractivity contribution in [1.29, 1.82) is 0 Å². The molecule has 0 saturated heterocycles. The van der Waals surface area contributed by atoms with E-state index < -0.39 is 0 Å². The van der Waals surface area contributed by atoms with E-state index in [0.717, 1.165) is 23.6 Å². The largest absolute Gasteiger partial charge is 0.464 e. The van der Waals surface area contributed by atoms with Crippen LogP contribution in [0.4, 0.5) is 5.69 Å². The summed E-state index contributed by atoms with van der Waals surface area (Å²) in [4.78, 5) is 0. The van der Waals surface area contributed by atoms with Crippen LogP contribution in [0.2, 0.25) is 5.02 Å². The van der Waals surface area contributed by atoms with Crippen molar-refractivity contribution in [1.82, 2.24) is 0 Å². The van der Waals surface area contributed by atoms with E-state index in [1.165, 1.54) is 0 Å².